The molecule has 0 bridgehead atoms. The molecule has 0 spiro atoms. The molecule has 0 aliphatic rings. The lowest BCUT2D eigenvalue weighted by Gasteiger charge is -2.06. The number of halogens is 1. The molecule has 0 fully saturated rings. The molecule has 2 heterocycles. The van der Waals surface area contributed by atoms with Gasteiger partial charge in [-0.05, 0) is 59.8 Å². The molecule has 0 unspecified atom stereocenters. The number of H-pyrrole nitrogens is 1. The quantitative estimate of drug-likeness (QED) is 0.748. The van der Waals surface area contributed by atoms with Crippen LogP contribution in [0.1, 0.15) is 15.2 Å². The minimum Gasteiger partial charge on any atom is -0.352 e. The molecule has 2 aromatic heterocycles. The molecule has 3 aromatic rings. The fourth-order valence-electron chi connectivity index (χ4n) is 2.30. The number of aromatic nitrogens is 1. The Kier molecular flexibility index (Phi) is 4.86. The predicted molar refractivity (Wildman–Crippen MR) is 92.8 cm³/mol. The molecule has 6 heteroatoms. The second-order valence-corrected chi connectivity index (χ2v) is 6.24. The zero-order chi connectivity index (χ0) is 16.9. The van der Waals surface area contributed by atoms with Gasteiger partial charge in [-0.1, -0.05) is 6.07 Å². The van der Waals surface area contributed by atoms with Gasteiger partial charge in [-0.2, -0.15) is 0 Å². The van der Waals surface area contributed by atoms with Gasteiger partial charge in [-0.3, -0.25) is 9.59 Å². The maximum absolute atomic E-state index is 12.9. The lowest BCUT2D eigenvalue weighted by Crippen LogP contribution is -2.30. The van der Waals surface area contributed by atoms with Gasteiger partial charge in [0.1, 0.15) is 11.4 Å². The fraction of sp³-hybridized carbons (Fsp3) is 0.111. The molecular weight excluding hydrogens is 327 g/mol. The van der Waals surface area contributed by atoms with Crippen LogP contribution in [-0.4, -0.2) is 17.4 Å². The van der Waals surface area contributed by atoms with Gasteiger partial charge in [-0.15, -0.1) is 11.3 Å². The molecule has 0 radical (unpaired) electrons. The normalized spacial score (nSPS) is 10.5. The van der Waals surface area contributed by atoms with E-state index in [0.717, 1.165) is 6.42 Å². The summed E-state index contributed by atoms with van der Waals surface area (Å²) in [6, 6.07) is 12.9. The van der Waals surface area contributed by atoms with Gasteiger partial charge in [0.15, 0.2) is 0 Å². The van der Waals surface area contributed by atoms with Crippen LogP contribution in [0.3, 0.4) is 0 Å². The molecule has 2 N–H and O–H groups in total. The van der Waals surface area contributed by atoms with Crippen LogP contribution in [0.25, 0.3) is 11.3 Å². The van der Waals surface area contributed by atoms with E-state index in [1.165, 1.54) is 23.1 Å². The summed E-state index contributed by atoms with van der Waals surface area (Å²) >= 11 is 1.63. The van der Waals surface area contributed by atoms with Crippen molar-refractivity contribution in [2.75, 3.05) is 6.54 Å². The van der Waals surface area contributed by atoms with E-state index < -0.39 is 11.5 Å². The second-order valence-electron chi connectivity index (χ2n) is 5.21. The number of benzene rings is 1. The summed E-state index contributed by atoms with van der Waals surface area (Å²) < 4.78 is 12.9. The Bertz CT molecular complexity index is 886. The molecule has 122 valence electrons. The Hall–Kier alpha value is -2.73. The Morgan fingerprint density at radius 3 is 2.58 bits per heavy atom. The molecule has 3 rings (SSSR count). The van der Waals surface area contributed by atoms with Crippen molar-refractivity contribution >= 4 is 17.2 Å². The van der Waals surface area contributed by atoms with E-state index in [-0.39, 0.29) is 11.4 Å². The zero-order valence-corrected chi connectivity index (χ0v) is 13.5. The summed E-state index contributed by atoms with van der Waals surface area (Å²) in [6.07, 6.45) is 0.731. The van der Waals surface area contributed by atoms with Crippen molar-refractivity contribution < 1.29 is 9.18 Å². The SMILES string of the molecule is O=C(NCCc1cccs1)c1ccc(-c2ccc(F)cc2)[nH]c1=O. The number of nitrogens with one attached hydrogen (secondary N) is 2. The molecule has 0 atom stereocenters. The maximum atomic E-state index is 12.9. The van der Waals surface area contributed by atoms with Gasteiger partial charge in [0.25, 0.3) is 11.5 Å². The second kappa shape index (κ2) is 7.23. The van der Waals surface area contributed by atoms with E-state index in [1.807, 2.05) is 17.5 Å². The van der Waals surface area contributed by atoms with Gasteiger partial charge in [-0.25, -0.2) is 4.39 Å². The van der Waals surface area contributed by atoms with Crippen LogP contribution in [0.15, 0.2) is 58.7 Å². The van der Waals surface area contributed by atoms with E-state index in [9.17, 15) is 14.0 Å². The lowest BCUT2D eigenvalue weighted by atomic mass is 10.1. The summed E-state index contributed by atoms with van der Waals surface area (Å²) in [6.45, 7) is 0.471. The van der Waals surface area contributed by atoms with E-state index in [4.69, 9.17) is 0 Å². The average molecular weight is 342 g/mol. The van der Waals surface area contributed by atoms with Crippen LogP contribution < -0.4 is 10.9 Å². The largest absolute Gasteiger partial charge is 0.352 e. The zero-order valence-electron chi connectivity index (χ0n) is 12.7. The van der Waals surface area contributed by atoms with Crippen LogP contribution in [0.2, 0.25) is 0 Å². The fourth-order valence-corrected chi connectivity index (χ4v) is 3.01. The Morgan fingerprint density at radius 2 is 1.92 bits per heavy atom. The summed E-state index contributed by atoms with van der Waals surface area (Å²) in [5, 5.41) is 4.73. The first-order chi connectivity index (χ1) is 11.6. The molecule has 1 amide bonds. The van der Waals surface area contributed by atoms with Crippen LogP contribution in [0.4, 0.5) is 4.39 Å². The predicted octanol–water partition coefficient (Wildman–Crippen LogP) is 3.22. The van der Waals surface area contributed by atoms with Crippen LogP contribution in [0, 0.1) is 5.82 Å². The highest BCUT2D eigenvalue weighted by atomic mass is 32.1. The number of carbonyl (C=O) groups is 1. The summed E-state index contributed by atoms with van der Waals surface area (Å²) in [4.78, 5) is 28.1. The number of amides is 1. The Balaban J connectivity index is 1.68. The molecule has 0 saturated carbocycles. The number of hydrogen-bond acceptors (Lipinski definition) is 3. The van der Waals surface area contributed by atoms with Crippen molar-refractivity contribution in [3.8, 4) is 11.3 Å². The summed E-state index contributed by atoms with van der Waals surface area (Å²) in [7, 11) is 0. The Morgan fingerprint density at radius 1 is 1.12 bits per heavy atom. The van der Waals surface area contributed by atoms with E-state index in [1.54, 1.807) is 29.5 Å². The summed E-state index contributed by atoms with van der Waals surface area (Å²) in [5.74, 6) is -0.749. The molecular formula is C18H15FN2O2S. The van der Waals surface area contributed by atoms with Crippen molar-refractivity contribution in [3.63, 3.8) is 0 Å². The van der Waals surface area contributed by atoms with Crippen molar-refractivity contribution in [1.29, 1.82) is 0 Å². The number of thiophene rings is 1. The lowest BCUT2D eigenvalue weighted by molar-refractivity contribution is 0.0952. The molecule has 0 aliphatic carbocycles. The topological polar surface area (TPSA) is 62.0 Å². The molecule has 4 nitrogen and oxygen atoms in total. The van der Waals surface area contributed by atoms with Crippen LogP contribution in [-0.2, 0) is 6.42 Å². The number of carbonyl (C=O) groups excluding carboxylic acids is 1. The minimum atomic E-state index is -0.467. The van der Waals surface area contributed by atoms with E-state index in [2.05, 4.69) is 10.3 Å². The highest BCUT2D eigenvalue weighted by molar-refractivity contribution is 7.09. The van der Waals surface area contributed by atoms with Gasteiger partial charge >= 0.3 is 0 Å². The van der Waals surface area contributed by atoms with Crippen LogP contribution in [0.5, 0.6) is 0 Å². The molecule has 0 saturated heterocycles. The first kappa shape index (κ1) is 16.1. The first-order valence-electron chi connectivity index (χ1n) is 7.43. The van der Waals surface area contributed by atoms with E-state index in [0.29, 0.717) is 17.8 Å². The molecule has 24 heavy (non-hydrogen) atoms. The summed E-state index contributed by atoms with van der Waals surface area (Å²) in [5.41, 5.74) is 0.811. The van der Waals surface area contributed by atoms with Gasteiger partial charge in [0.05, 0.1) is 0 Å². The average Bonchev–Trinajstić information content (AvgIpc) is 3.08. The minimum absolute atomic E-state index is 0.0621. The van der Waals surface area contributed by atoms with E-state index >= 15 is 0 Å². The molecule has 1 aromatic carbocycles. The third-order valence-corrected chi connectivity index (χ3v) is 4.48. The van der Waals surface area contributed by atoms with Crippen molar-refractivity contribution in [3.05, 3.63) is 80.5 Å². The van der Waals surface area contributed by atoms with Gasteiger partial charge in [0.2, 0.25) is 0 Å². The van der Waals surface area contributed by atoms with Crippen LogP contribution >= 0.6 is 11.3 Å². The highest BCUT2D eigenvalue weighted by Gasteiger charge is 2.11. The third-order valence-electron chi connectivity index (χ3n) is 3.55. The highest BCUT2D eigenvalue weighted by Crippen LogP contribution is 2.16. The third kappa shape index (κ3) is 3.78. The van der Waals surface area contributed by atoms with Gasteiger partial charge in [0, 0.05) is 17.1 Å². The number of rotatable bonds is 5. The first-order valence-corrected chi connectivity index (χ1v) is 8.31. The monoisotopic (exact) mass is 342 g/mol. The van der Waals surface area contributed by atoms with Crippen molar-refractivity contribution in [1.82, 2.24) is 10.3 Å². The van der Waals surface area contributed by atoms with Crippen molar-refractivity contribution in [2.45, 2.75) is 6.42 Å². The van der Waals surface area contributed by atoms with Gasteiger partial charge < -0.3 is 10.3 Å². The smallest absolute Gasteiger partial charge is 0.261 e. The number of aromatic amines is 1. The molecule has 0 aliphatic heterocycles. The van der Waals surface area contributed by atoms with Crippen molar-refractivity contribution in [2.24, 2.45) is 0 Å². The Labute approximate surface area is 142 Å². The maximum Gasteiger partial charge on any atom is 0.261 e. The standard InChI is InChI=1S/C18H15FN2O2S/c19-13-5-3-12(4-6-13)16-8-7-15(18(23)21-16)17(22)20-10-9-14-2-1-11-24-14/h1-8,11H,9-10H2,(H,20,22)(H,21,23). The number of hydrogen-bond donors (Lipinski definition) is 2. The number of pyridine rings is 1.